The van der Waals surface area contributed by atoms with Crippen LogP contribution < -0.4 is 0 Å². The SMILES string of the molecule is COC1(OC)C=CC(C(C)=O)=CC1. The highest BCUT2D eigenvalue weighted by Gasteiger charge is 2.27. The molecule has 0 aliphatic heterocycles. The van der Waals surface area contributed by atoms with Crippen molar-refractivity contribution < 1.29 is 14.3 Å². The summed E-state index contributed by atoms with van der Waals surface area (Å²) in [5, 5.41) is 0. The monoisotopic (exact) mass is 182 g/mol. The Morgan fingerprint density at radius 3 is 2.38 bits per heavy atom. The van der Waals surface area contributed by atoms with Crippen LogP contribution in [0.1, 0.15) is 13.3 Å². The lowest BCUT2D eigenvalue weighted by atomic mass is 10.00. The second kappa shape index (κ2) is 3.85. The lowest BCUT2D eigenvalue weighted by Gasteiger charge is -2.28. The second-order valence-corrected chi connectivity index (χ2v) is 2.97. The molecule has 72 valence electrons. The summed E-state index contributed by atoms with van der Waals surface area (Å²) in [5.41, 5.74) is 0.713. The molecule has 0 saturated carbocycles. The summed E-state index contributed by atoms with van der Waals surface area (Å²) in [6.07, 6.45) is 5.91. The number of Topliss-reactive ketones (excluding diaryl/α,β-unsaturated/α-hetero) is 1. The van der Waals surface area contributed by atoms with Crippen molar-refractivity contribution in [3.63, 3.8) is 0 Å². The Morgan fingerprint density at radius 1 is 1.46 bits per heavy atom. The summed E-state index contributed by atoms with van der Waals surface area (Å²) in [6.45, 7) is 1.54. The Kier molecular flexibility index (Phi) is 3.01. The predicted molar refractivity (Wildman–Crippen MR) is 49.3 cm³/mol. The number of ketones is 1. The third-order valence-electron chi connectivity index (χ3n) is 2.22. The van der Waals surface area contributed by atoms with Crippen LogP contribution in [0, 0.1) is 0 Å². The van der Waals surface area contributed by atoms with Crippen molar-refractivity contribution in [2.45, 2.75) is 19.1 Å². The van der Waals surface area contributed by atoms with Crippen LogP contribution in [0.15, 0.2) is 23.8 Å². The molecule has 0 N–H and O–H groups in total. The molecule has 0 aromatic rings. The summed E-state index contributed by atoms with van der Waals surface area (Å²) < 4.78 is 10.4. The summed E-state index contributed by atoms with van der Waals surface area (Å²) in [7, 11) is 3.17. The van der Waals surface area contributed by atoms with Crippen molar-refractivity contribution in [1.29, 1.82) is 0 Å². The number of rotatable bonds is 3. The first-order valence-corrected chi connectivity index (χ1v) is 4.14. The van der Waals surface area contributed by atoms with Gasteiger partial charge in [-0.15, -0.1) is 0 Å². The Hall–Kier alpha value is -0.930. The van der Waals surface area contributed by atoms with E-state index in [4.69, 9.17) is 9.47 Å². The number of ether oxygens (including phenoxy) is 2. The van der Waals surface area contributed by atoms with Crippen molar-refractivity contribution in [2.75, 3.05) is 14.2 Å². The lowest BCUT2D eigenvalue weighted by molar-refractivity contribution is -0.167. The molecule has 3 nitrogen and oxygen atoms in total. The summed E-state index contributed by atoms with van der Waals surface area (Å²) in [5.74, 6) is -0.615. The first-order chi connectivity index (χ1) is 6.13. The van der Waals surface area contributed by atoms with E-state index in [0.29, 0.717) is 12.0 Å². The van der Waals surface area contributed by atoms with E-state index < -0.39 is 5.79 Å². The molecule has 1 rings (SSSR count). The molecule has 1 aliphatic carbocycles. The van der Waals surface area contributed by atoms with Gasteiger partial charge in [-0.2, -0.15) is 0 Å². The van der Waals surface area contributed by atoms with Gasteiger partial charge in [0.15, 0.2) is 11.6 Å². The van der Waals surface area contributed by atoms with Gasteiger partial charge in [-0.1, -0.05) is 12.2 Å². The van der Waals surface area contributed by atoms with Crippen molar-refractivity contribution in [2.24, 2.45) is 0 Å². The largest absolute Gasteiger partial charge is 0.349 e. The first kappa shape index (κ1) is 10.2. The second-order valence-electron chi connectivity index (χ2n) is 2.97. The molecule has 0 amide bonds. The zero-order valence-electron chi connectivity index (χ0n) is 8.16. The van der Waals surface area contributed by atoms with Gasteiger partial charge >= 0.3 is 0 Å². The topological polar surface area (TPSA) is 35.5 Å². The van der Waals surface area contributed by atoms with Gasteiger partial charge < -0.3 is 9.47 Å². The standard InChI is InChI=1S/C10H14O3/c1-8(11)9-4-6-10(12-2,13-3)7-5-9/h4-6H,7H2,1-3H3. The zero-order valence-corrected chi connectivity index (χ0v) is 8.16. The minimum absolute atomic E-state index is 0.0667. The number of methoxy groups -OCH3 is 2. The minimum Gasteiger partial charge on any atom is -0.349 e. The van der Waals surface area contributed by atoms with E-state index in [9.17, 15) is 4.79 Å². The highest BCUT2D eigenvalue weighted by molar-refractivity contribution is 5.96. The van der Waals surface area contributed by atoms with Crippen LogP contribution in [-0.2, 0) is 14.3 Å². The van der Waals surface area contributed by atoms with E-state index in [1.165, 1.54) is 0 Å². The first-order valence-electron chi connectivity index (χ1n) is 4.14. The maximum atomic E-state index is 11.0. The fraction of sp³-hybridized carbons (Fsp3) is 0.500. The molecule has 0 bridgehead atoms. The quantitative estimate of drug-likeness (QED) is 0.620. The number of carbonyl (C=O) groups excluding carboxylic acids is 1. The van der Waals surface area contributed by atoms with Crippen molar-refractivity contribution in [3.8, 4) is 0 Å². The molecule has 0 fully saturated rings. The van der Waals surface area contributed by atoms with E-state index in [0.717, 1.165) is 0 Å². The smallest absolute Gasteiger partial charge is 0.190 e. The molecule has 0 atom stereocenters. The molecule has 13 heavy (non-hydrogen) atoms. The maximum Gasteiger partial charge on any atom is 0.190 e. The average Bonchev–Trinajstić information content (AvgIpc) is 2.18. The van der Waals surface area contributed by atoms with Gasteiger partial charge in [0, 0.05) is 26.2 Å². The Bertz CT molecular complexity index is 259. The van der Waals surface area contributed by atoms with E-state index in [2.05, 4.69) is 0 Å². The van der Waals surface area contributed by atoms with Crippen LogP contribution in [0.4, 0.5) is 0 Å². The number of allylic oxidation sites excluding steroid dienone is 2. The Labute approximate surface area is 78.0 Å². The van der Waals surface area contributed by atoms with Gasteiger partial charge in [0.05, 0.1) is 0 Å². The minimum atomic E-state index is -0.682. The molecular weight excluding hydrogens is 168 g/mol. The van der Waals surface area contributed by atoms with E-state index in [1.54, 1.807) is 33.3 Å². The van der Waals surface area contributed by atoms with Crippen LogP contribution in [-0.4, -0.2) is 25.8 Å². The third kappa shape index (κ3) is 2.05. The van der Waals surface area contributed by atoms with E-state index in [1.807, 2.05) is 6.08 Å². The third-order valence-corrected chi connectivity index (χ3v) is 2.22. The molecule has 0 unspecified atom stereocenters. The predicted octanol–water partition coefficient (Wildman–Crippen LogP) is 1.45. The van der Waals surface area contributed by atoms with Gasteiger partial charge in [-0.3, -0.25) is 4.79 Å². The fourth-order valence-electron chi connectivity index (χ4n) is 1.25. The highest BCUT2D eigenvalue weighted by atomic mass is 16.7. The Morgan fingerprint density at radius 2 is 2.08 bits per heavy atom. The molecule has 0 radical (unpaired) electrons. The van der Waals surface area contributed by atoms with Crippen LogP contribution >= 0.6 is 0 Å². The van der Waals surface area contributed by atoms with Crippen LogP contribution in [0.5, 0.6) is 0 Å². The van der Waals surface area contributed by atoms with E-state index >= 15 is 0 Å². The van der Waals surface area contributed by atoms with Crippen molar-refractivity contribution >= 4 is 5.78 Å². The zero-order chi connectivity index (χ0) is 9.90. The van der Waals surface area contributed by atoms with Gasteiger partial charge in [-0.05, 0) is 13.0 Å². The van der Waals surface area contributed by atoms with Gasteiger partial charge in [0.25, 0.3) is 0 Å². The van der Waals surface area contributed by atoms with Crippen molar-refractivity contribution in [3.05, 3.63) is 23.8 Å². The highest BCUT2D eigenvalue weighted by Crippen LogP contribution is 2.25. The normalized spacial score (nSPS) is 19.8. The lowest BCUT2D eigenvalue weighted by Crippen LogP contribution is -2.32. The molecule has 0 saturated heterocycles. The molecular formula is C10H14O3. The van der Waals surface area contributed by atoms with Crippen LogP contribution in [0.3, 0.4) is 0 Å². The number of hydrogen-bond donors (Lipinski definition) is 0. The van der Waals surface area contributed by atoms with Gasteiger partial charge in [0.1, 0.15) is 0 Å². The molecule has 0 heterocycles. The van der Waals surface area contributed by atoms with Gasteiger partial charge in [-0.25, -0.2) is 0 Å². The molecule has 0 spiro atoms. The van der Waals surface area contributed by atoms with E-state index in [-0.39, 0.29) is 5.78 Å². The van der Waals surface area contributed by atoms with Crippen molar-refractivity contribution in [1.82, 2.24) is 0 Å². The number of carbonyl (C=O) groups is 1. The molecule has 0 aromatic carbocycles. The van der Waals surface area contributed by atoms with Gasteiger partial charge in [0.2, 0.25) is 0 Å². The summed E-state index contributed by atoms with van der Waals surface area (Å²) in [6, 6.07) is 0. The summed E-state index contributed by atoms with van der Waals surface area (Å²) in [4.78, 5) is 11.0. The molecule has 1 aliphatic rings. The van der Waals surface area contributed by atoms with Crippen LogP contribution in [0.25, 0.3) is 0 Å². The molecule has 3 heteroatoms. The molecule has 0 aromatic heterocycles. The summed E-state index contributed by atoms with van der Waals surface area (Å²) >= 11 is 0. The fourth-order valence-corrected chi connectivity index (χ4v) is 1.25. The maximum absolute atomic E-state index is 11.0. The van der Waals surface area contributed by atoms with Crippen LogP contribution in [0.2, 0.25) is 0 Å². The Balaban J connectivity index is 2.77. The average molecular weight is 182 g/mol. The number of hydrogen-bond acceptors (Lipinski definition) is 3.